The summed E-state index contributed by atoms with van der Waals surface area (Å²) in [5.74, 6) is 0.124. The molecule has 0 atom stereocenters. The molecule has 1 aliphatic rings. The highest BCUT2D eigenvalue weighted by atomic mass is 16.5. The van der Waals surface area contributed by atoms with Crippen molar-refractivity contribution < 1.29 is 9.53 Å². The number of hydrogen-bond acceptors (Lipinski definition) is 3. The second-order valence-corrected chi connectivity index (χ2v) is 4.10. The lowest BCUT2D eigenvalue weighted by Gasteiger charge is -2.21. The summed E-state index contributed by atoms with van der Waals surface area (Å²) < 4.78 is 7.27. The molecule has 1 aliphatic heterocycles. The molecule has 0 radical (unpaired) electrons. The first-order valence-electron chi connectivity index (χ1n) is 4.72. The number of carbonyl (C=O) groups is 1. The van der Waals surface area contributed by atoms with E-state index >= 15 is 0 Å². The van der Waals surface area contributed by atoms with E-state index < -0.39 is 5.60 Å². The number of rotatable bonds is 0. The number of ketones is 1. The van der Waals surface area contributed by atoms with Gasteiger partial charge in [-0.2, -0.15) is 5.10 Å². The van der Waals surface area contributed by atoms with Crippen molar-refractivity contribution in [2.45, 2.75) is 25.9 Å². The van der Waals surface area contributed by atoms with Gasteiger partial charge >= 0.3 is 0 Å². The maximum Gasteiger partial charge on any atom is 0.168 e. The number of fused-ring (bicyclic) bond motifs is 1. The van der Waals surface area contributed by atoms with Gasteiger partial charge in [-0.05, 0) is 13.8 Å². The molecule has 0 unspecified atom stereocenters. The third kappa shape index (κ3) is 1.35. The average molecular weight is 194 g/mol. The minimum Gasteiger partial charge on any atom is -0.369 e. The number of ether oxygens (including phenoxy) is 1. The Hall–Kier alpha value is -1.16. The number of aryl methyl sites for hydroxylation is 1. The largest absolute Gasteiger partial charge is 0.369 e. The molecule has 2 rings (SSSR count). The Labute approximate surface area is 82.9 Å². The Bertz CT molecular complexity index is 379. The van der Waals surface area contributed by atoms with Crippen LogP contribution in [0.15, 0.2) is 6.20 Å². The number of aromatic nitrogens is 2. The smallest absolute Gasteiger partial charge is 0.168 e. The molecule has 0 aromatic carbocycles. The third-order valence-electron chi connectivity index (χ3n) is 2.49. The van der Waals surface area contributed by atoms with Crippen LogP contribution in [0, 0.1) is 0 Å². The van der Waals surface area contributed by atoms with E-state index in [9.17, 15) is 4.79 Å². The van der Waals surface area contributed by atoms with Gasteiger partial charge < -0.3 is 4.74 Å². The zero-order chi connectivity index (χ0) is 10.3. The van der Waals surface area contributed by atoms with Gasteiger partial charge in [0.05, 0.1) is 12.2 Å². The minimum atomic E-state index is -0.456. The van der Waals surface area contributed by atoms with Gasteiger partial charge in [-0.3, -0.25) is 9.48 Å². The highest BCUT2D eigenvalue weighted by Gasteiger charge is 2.33. The van der Waals surface area contributed by atoms with E-state index in [1.807, 2.05) is 20.9 Å². The van der Waals surface area contributed by atoms with Crippen molar-refractivity contribution in [3.8, 4) is 0 Å². The second-order valence-electron chi connectivity index (χ2n) is 4.10. The van der Waals surface area contributed by atoms with Gasteiger partial charge in [-0.25, -0.2) is 0 Å². The quantitative estimate of drug-likeness (QED) is 0.624. The molecule has 0 N–H and O–H groups in total. The van der Waals surface area contributed by atoms with Crippen molar-refractivity contribution in [2.24, 2.45) is 7.05 Å². The van der Waals surface area contributed by atoms with E-state index in [1.54, 1.807) is 10.9 Å². The van der Waals surface area contributed by atoms with Gasteiger partial charge in [0, 0.05) is 19.7 Å². The van der Waals surface area contributed by atoms with Crippen LogP contribution in [0.2, 0.25) is 0 Å². The lowest BCUT2D eigenvalue weighted by Crippen LogP contribution is -2.22. The summed E-state index contributed by atoms with van der Waals surface area (Å²) in [7, 11) is 1.82. The zero-order valence-electron chi connectivity index (χ0n) is 8.70. The molecule has 0 saturated heterocycles. The number of Topliss-reactive ketones (excluding diaryl/α,β-unsaturated/α-hetero) is 1. The molecule has 76 valence electrons. The molecule has 0 saturated carbocycles. The molecule has 14 heavy (non-hydrogen) atoms. The molecule has 1 aromatic rings. The monoisotopic (exact) mass is 194 g/mol. The van der Waals surface area contributed by atoms with Crippen molar-refractivity contribution >= 4 is 5.78 Å². The van der Waals surface area contributed by atoms with Crippen molar-refractivity contribution in [2.75, 3.05) is 6.61 Å². The molecule has 2 heterocycles. The van der Waals surface area contributed by atoms with Crippen LogP contribution < -0.4 is 0 Å². The maximum absolute atomic E-state index is 11.7. The van der Waals surface area contributed by atoms with Crippen molar-refractivity contribution in [1.29, 1.82) is 0 Å². The van der Waals surface area contributed by atoms with Crippen LogP contribution >= 0.6 is 0 Å². The SMILES string of the molecule is Cn1cc2c(n1)C(C)(C)OCCC2=O. The van der Waals surface area contributed by atoms with Gasteiger partial charge in [-0.15, -0.1) is 0 Å². The zero-order valence-corrected chi connectivity index (χ0v) is 8.70. The third-order valence-corrected chi connectivity index (χ3v) is 2.49. The standard InChI is InChI=1S/C10H14N2O2/c1-10(2)9-7(6-12(3)11-9)8(13)4-5-14-10/h6H,4-5H2,1-3H3. The molecule has 0 bridgehead atoms. The van der Waals surface area contributed by atoms with Crippen LogP contribution in [0.5, 0.6) is 0 Å². The molecule has 1 aromatic heterocycles. The Balaban J connectivity index is 2.58. The van der Waals surface area contributed by atoms with Crippen molar-refractivity contribution in [1.82, 2.24) is 9.78 Å². The molecule has 0 amide bonds. The Morgan fingerprint density at radius 2 is 2.29 bits per heavy atom. The summed E-state index contributed by atoms with van der Waals surface area (Å²) in [6, 6.07) is 0. The Morgan fingerprint density at radius 3 is 3.00 bits per heavy atom. The van der Waals surface area contributed by atoms with Crippen molar-refractivity contribution in [3.05, 3.63) is 17.5 Å². The van der Waals surface area contributed by atoms with E-state index in [0.717, 1.165) is 5.69 Å². The first kappa shape index (κ1) is 9.40. The fourth-order valence-electron chi connectivity index (χ4n) is 1.74. The van der Waals surface area contributed by atoms with Crippen LogP contribution in [-0.2, 0) is 17.4 Å². The molecule has 0 fully saturated rings. The van der Waals surface area contributed by atoms with Crippen LogP contribution in [0.4, 0.5) is 0 Å². The summed E-state index contributed by atoms with van der Waals surface area (Å²) in [6.07, 6.45) is 2.22. The summed E-state index contributed by atoms with van der Waals surface area (Å²) in [4.78, 5) is 11.7. The van der Waals surface area contributed by atoms with Crippen LogP contribution in [0.1, 0.15) is 36.3 Å². The van der Waals surface area contributed by atoms with Gasteiger partial charge in [0.15, 0.2) is 5.78 Å². The van der Waals surface area contributed by atoms with Crippen LogP contribution in [0.25, 0.3) is 0 Å². The number of hydrogen-bond donors (Lipinski definition) is 0. The summed E-state index contributed by atoms with van der Waals surface area (Å²) >= 11 is 0. The average Bonchev–Trinajstić information content (AvgIpc) is 2.43. The van der Waals surface area contributed by atoms with Crippen LogP contribution in [-0.4, -0.2) is 22.2 Å². The molecule has 0 spiro atoms. The highest BCUT2D eigenvalue weighted by molar-refractivity contribution is 5.97. The van der Waals surface area contributed by atoms with E-state index in [-0.39, 0.29) is 5.78 Å². The first-order valence-corrected chi connectivity index (χ1v) is 4.72. The van der Waals surface area contributed by atoms with Crippen LogP contribution in [0.3, 0.4) is 0 Å². The number of nitrogens with zero attached hydrogens (tertiary/aromatic N) is 2. The highest BCUT2D eigenvalue weighted by Crippen LogP contribution is 2.29. The van der Waals surface area contributed by atoms with E-state index in [0.29, 0.717) is 18.6 Å². The fraction of sp³-hybridized carbons (Fsp3) is 0.600. The van der Waals surface area contributed by atoms with Gasteiger partial charge in [-0.1, -0.05) is 0 Å². The van der Waals surface area contributed by atoms with Gasteiger partial charge in [0.2, 0.25) is 0 Å². The predicted octanol–water partition coefficient (Wildman–Crippen LogP) is 1.26. The topological polar surface area (TPSA) is 44.1 Å². The van der Waals surface area contributed by atoms with E-state index in [2.05, 4.69) is 5.10 Å². The fourth-order valence-corrected chi connectivity index (χ4v) is 1.74. The molecular weight excluding hydrogens is 180 g/mol. The second kappa shape index (κ2) is 2.92. The summed E-state index contributed by atoms with van der Waals surface area (Å²) in [6.45, 7) is 4.36. The van der Waals surface area contributed by atoms with Gasteiger partial charge in [0.1, 0.15) is 11.3 Å². The van der Waals surface area contributed by atoms with Crippen molar-refractivity contribution in [3.63, 3.8) is 0 Å². The summed E-state index contributed by atoms with van der Waals surface area (Å²) in [5, 5.41) is 4.29. The molecule has 4 heteroatoms. The Morgan fingerprint density at radius 1 is 1.57 bits per heavy atom. The van der Waals surface area contributed by atoms with E-state index in [1.165, 1.54) is 0 Å². The number of carbonyl (C=O) groups excluding carboxylic acids is 1. The molecular formula is C10H14N2O2. The maximum atomic E-state index is 11.7. The summed E-state index contributed by atoms with van der Waals surface area (Å²) in [5.41, 5.74) is 1.00. The lowest BCUT2D eigenvalue weighted by molar-refractivity contribution is -0.0204. The van der Waals surface area contributed by atoms with E-state index in [4.69, 9.17) is 4.74 Å². The lowest BCUT2D eigenvalue weighted by atomic mass is 10.00. The Kier molecular flexibility index (Phi) is 1.96. The minimum absolute atomic E-state index is 0.124. The molecule has 0 aliphatic carbocycles. The normalized spacial score (nSPS) is 20.4. The predicted molar refractivity (Wildman–Crippen MR) is 51.1 cm³/mol. The first-order chi connectivity index (χ1) is 6.50. The molecule has 4 nitrogen and oxygen atoms in total. The van der Waals surface area contributed by atoms with Gasteiger partial charge in [0.25, 0.3) is 0 Å².